The first-order valence-electron chi connectivity index (χ1n) is 5.12. The largest absolute Gasteiger partial charge is 0.530 e. The van der Waals surface area contributed by atoms with Gasteiger partial charge in [-0.3, -0.25) is 4.79 Å². The molecule has 0 aromatic carbocycles. The zero-order valence-corrected chi connectivity index (χ0v) is 9.37. The molecule has 0 saturated carbocycles. The van der Waals surface area contributed by atoms with Gasteiger partial charge in [0.1, 0.15) is 12.1 Å². The fourth-order valence-electron chi connectivity index (χ4n) is 1.87. The van der Waals surface area contributed by atoms with Crippen LogP contribution in [0.3, 0.4) is 0 Å². The Hall–Kier alpha value is -1.26. The molecule has 1 aliphatic heterocycles. The molecule has 1 saturated heterocycles. The maximum Gasteiger partial charge on any atom is 0.242 e. The highest BCUT2D eigenvalue weighted by molar-refractivity contribution is 5.85. The third-order valence-electron chi connectivity index (χ3n) is 2.49. The standard InChI is InChI=1S/C10H18N2O3/c1-10(2,3)12(9(14)15)7-5-4-6-11-8(7)13/h7H,4-6H2,1-3H3,(H,11,13)(H,14,15)/p-1/t7-/m0/s1. The molecule has 1 aliphatic rings. The highest BCUT2D eigenvalue weighted by Crippen LogP contribution is 2.21. The fourth-order valence-corrected chi connectivity index (χ4v) is 1.87. The van der Waals surface area contributed by atoms with Gasteiger partial charge in [0.25, 0.3) is 0 Å². The van der Waals surface area contributed by atoms with E-state index >= 15 is 0 Å². The van der Waals surface area contributed by atoms with Crippen LogP contribution in [0.25, 0.3) is 0 Å². The average molecular weight is 213 g/mol. The molecule has 0 bridgehead atoms. The minimum atomic E-state index is -1.29. The Morgan fingerprint density at radius 1 is 1.53 bits per heavy atom. The molecule has 15 heavy (non-hydrogen) atoms. The number of nitrogens with one attached hydrogen (secondary N) is 1. The Morgan fingerprint density at radius 2 is 2.13 bits per heavy atom. The van der Waals surface area contributed by atoms with E-state index in [4.69, 9.17) is 0 Å². The number of carboxylic acid groups (broad SMARTS) is 1. The Morgan fingerprint density at radius 3 is 2.53 bits per heavy atom. The smallest absolute Gasteiger partial charge is 0.242 e. The summed E-state index contributed by atoms with van der Waals surface area (Å²) in [5.74, 6) is -0.222. The number of amides is 2. The predicted molar refractivity (Wildman–Crippen MR) is 53.0 cm³/mol. The van der Waals surface area contributed by atoms with Gasteiger partial charge in [0.05, 0.1) is 0 Å². The molecule has 0 unspecified atom stereocenters. The maximum atomic E-state index is 11.5. The van der Waals surface area contributed by atoms with E-state index in [1.807, 2.05) is 0 Å². The van der Waals surface area contributed by atoms with Crippen LogP contribution in [0.2, 0.25) is 0 Å². The predicted octanol–water partition coefficient (Wildman–Crippen LogP) is -0.291. The molecule has 0 spiro atoms. The van der Waals surface area contributed by atoms with Gasteiger partial charge in [0, 0.05) is 12.1 Å². The van der Waals surface area contributed by atoms with E-state index < -0.39 is 17.7 Å². The second kappa shape index (κ2) is 4.08. The van der Waals surface area contributed by atoms with Crippen LogP contribution >= 0.6 is 0 Å². The highest BCUT2D eigenvalue weighted by Gasteiger charge is 2.34. The van der Waals surface area contributed by atoms with Crippen molar-refractivity contribution in [2.24, 2.45) is 0 Å². The van der Waals surface area contributed by atoms with E-state index in [1.165, 1.54) is 0 Å². The number of hydrogen-bond donors (Lipinski definition) is 1. The molecule has 1 heterocycles. The quantitative estimate of drug-likeness (QED) is 0.650. The van der Waals surface area contributed by atoms with E-state index in [0.29, 0.717) is 13.0 Å². The lowest BCUT2D eigenvalue weighted by Gasteiger charge is -2.44. The highest BCUT2D eigenvalue weighted by atomic mass is 16.4. The van der Waals surface area contributed by atoms with Crippen LogP contribution in [0.4, 0.5) is 4.79 Å². The molecule has 0 aromatic heterocycles. The summed E-state index contributed by atoms with van der Waals surface area (Å²) < 4.78 is 0. The monoisotopic (exact) mass is 213 g/mol. The number of carbonyl (C=O) groups is 2. The Labute approximate surface area is 89.4 Å². The van der Waals surface area contributed by atoms with Crippen molar-refractivity contribution in [2.45, 2.75) is 45.2 Å². The zero-order valence-electron chi connectivity index (χ0n) is 9.37. The van der Waals surface area contributed by atoms with Crippen LogP contribution in [0, 0.1) is 0 Å². The van der Waals surface area contributed by atoms with Gasteiger partial charge in [-0.15, -0.1) is 0 Å². The van der Waals surface area contributed by atoms with Crippen LogP contribution in [0.15, 0.2) is 0 Å². The summed E-state index contributed by atoms with van der Waals surface area (Å²) in [6.45, 7) is 5.89. The average Bonchev–Trinajstić information content (AvgIpc) is 2.05. The van der Waals surface area contributed by atoms with Crippen molar-refractivity contribution in [1.29, 1.82) is 0 Å². The number of carbonyl (C=O) groups excluding carboxylic acids is 2. The van der Waals surface area contributed by atoms with Crippen molar-refractivity contribution < 1.29 is 14.7 Å². The first kappa shape index (κ1) is 11.8. The van der Waals surface area contributed by atoms with Gasteiger partial charge < -0.3 is 20.1 Å². The van der Waals surface area contributed by atoms with Crippen molar-refractivity contribution in [3.05, 3.63) is 0 Å². The lowest BCUT2D eigenvalue weighted by atomic mass is 9.98. The normalized spacial score (nSPS) is 22.1. The van der Waals surface area contributed by atoms with E-state index in [2.05, 4.69) is 5.32 Å². The Kier molecular flexibility index (Phi) is 3.21. The topological polar surface area (TPSA) is 72.5 Å². The Bertz CT molecular complexity index is 270. The molecule has 1 atom stereocenters. The molecular weight excluding hydrogens is 196 g/mol. The van der Waals surface area contributed by atoms with Crippen molar-refractivity contribution >= 4 is 12.0 Å². The summed E-state index contributed by atoms with van der Waals surface area (Å²) in [6, 6.07) is -0.608. The molecule has 0 aliphatic carbocycles. The molecule has 1 fully saturated rings. The van der Waals surface area contributed by atoms with E-state index in [1.54, 1.807) is 20.8 Å². The fraction of sp³-hybridized carbons (Fsp3) is 0.800. The van der Waals surface area contributed by atoms with Gasteiger partial charge in [-0.25, -0.2) is 0 Å². The molecule has 2 amide bonds. The number of nitrogens with zero attached hydrogens (tertiary/aromatic N) is 1. The van der Waals surface area contributed by atoms with Crippen LogP contribution in [0.1, 0.15) is 33.6 Å². The molecule has 5 nitrogen and oxygen atoms in total. The van der Waals surface area contributed by atoms with Crippen LogP contribution < -0.4 is 10.4 Å². The summed E-state index contributed by atoms with van der Waals surface area (Å²) in [5, 5.41) is 13.7. The van der Waals surface area contributed by atoms with Gasteiger partial charge in [0.2, 0.25) is 5.91 Å². The van der Waals surface area contributed by atoms with E-state index in [0.717, 1.165) is 11.3 Å². The van der Waals surface area contributed by atoms with Crippen LogP contribution in [0.5, 0.6) is 0 Å². The van der Waals surface area contributed by atoms with Gasteiger partial charge in [-0.05, 0) is 33.6 Å². The second-order valence-corrected chi connectivity index (χ2v) is 4.76. The second-order valence-electron chi connectivity index (χ2n) is 4.76. The summed E-state index contributed by atoms with van der Waals surface area (Å²) in [4.78, 5) is 23.7. The molecule has 5 heteroatoms. The lowest BCUT2D eigenvalue weighted by molar-refractivity contribution is -0.273. The third-order valence-corrected chi connectivity index (χ3v) is 2.49. The minimum Gasteiger partial charge on any atom is -0.530 e. The molecule has 86 valence electrons. The first-order chi connectivity index (χ1) is 6.84. The molecule has 0 radical (unpaired) electrons. The van der Waals surface area contributed by atoms with Crippen LogP contribution in [-0.2, 0) is 4.79 Å². The van der Waals surface area contributed by atoms with E-state index in [9.17, 15) is 14.7 Å². The number of piperidine rings is 1. The van der Waals surface area contributed by atoms with Gasteiger partial charge in [-0.1, -0.05) is 0 Å². The zero-order chi connectivity index (χ0) is 11.6. The van der Waals surface area contributed by atoms with Crippen molar-refractivity contribution in [2.75, 3.05) is 6.54 Å². The number of hydrogen-bond acceptors (Lipinski definition) is 3. The Balaban J connectivity index is 2.88. The third kappa shape index (κ3) is 2.61. The summed E-state index contributed by atoms with van der Waals surface area (Å²) in [7, 11) is 0. The maximum absolute atomic E-state index is 11.5. The lowest BCUT2D eigenvalue weighted by Crippen LogP contribution is -2.62. The van der Waals surface area contributed by atoms with Crippen molar-refractivity contribution in [3.63, 3.8) is 0 Å². The summed E-state index contributed by atoms with van der Waals surface area (Å²) in [6.07, 6.45) is 0.0809. The van der Waals surface area contributed by atoms with Gasteiger partial charge in [0.15, 0.2) is 0 Å². The minimum absolute atomic E-state index is 0.222. The van der Waals surface area contributed by atoms with Crippen molar-refractivity contribution in [3.8, 4) is 0 Å². The van der Waals surface area contributed by atoms with Gasteiger partial charge >= 0.3 is 0 Å². The SMILES string of the molecule is CC(C)(C)N(C(=O)[O-])[C@H]1CCCNC1=O. The van der Waals surface area contributed by atoms with Crippen LogP contribution in [-0.4, -0.2) is 35.0 Å². The van der Waals surface area contributed by atoms with Crippen molar-refractivity contribution in [1.82, 2.24) is 10.2 Å². The van der Waals surface area contributed by atoms with E-state index in [-0.39, 0.29) is 5.91 Å². The number of rotatable bonds is 1. The van der Waals surface area contributed by atoms with Gasteiger partial charge in [-0.2, -0.15) is 0 Å². The summed E-state index contributed by atoms with van der Waals surface area (Å²) >= 11 is 0. The molecule has 0 aromatic rings. The summed E-state index contributed by atoms with van der Waals surface area (Å²) in [5.41, 5.74) is -0.613. The molecule has 1 rings (SSSR count). The molecular formula is C10H17N2O3-. The molecule has 1 N–H and O–H groups in total. The first-order valence-corrected chi connectivity index (χ1v) is 5.12.